The molecule has 1 rings (SSSR count). The molecule has 19 heavy (non-hydrogen) atoms. The number of unbranched alkanes of at least 4 members (excludes halogenated alkanes) is 1. The summed E-state index contributed by atoms with van der Waals surface area (Å²) in [5.41, 5.74) is 0. The number of aliphatic imine (C=N–C) groups is 1. The second kappa shape index (κ2) is 9.44. The van der Waals surface area contributed by atoms with Crippen molar-refractivity contribution in [1.82, 2.24) is 10.6 Å². The molecule has 0 aliphatic rings. The maximum atomic E-state index is 5.49. The molecule has 0 fully saturated rings. The van der Waals surface area contributed by atoms with Crippen molar-refractivity contribution in [3.63, 3.8) is 0 Å². The molecule has 0 unspecified atom stereocenters. The maximum Gasteiger partial charge on any atom is 0.191 e. The first-order valence-corrected chi connectivity index (χ1v) is 6.81. The Morgan fingerprint density at radius 3 is 2.84 bits per heavy atom. The first kappa shape index (κ1) is 15.6. The van der Waals surface area contributed by atoms with Crippen LogP contribution in [0.25, 0.3) is 0 Å². The Kier molecular flexibility index (Phi) is 7.74. The van der Waals surface area contributed by atoms with Crippen LogP contribution in [0.5, 0.6) is 0 Å². The highest BCUT2D eigenvalue weighted by atomic mass is 16.5. The molecule has 5 nitrogen and oxygen atoms in total. The molecule has 0 aromatic carbocycles. The lowest BCUT2D eigenvalue weighted by molar-refractivity contribution is 0.0762. The summed E-state index contributed by atoms with van der Waals surface area (Å²) >= 11 is 0. The molecule has 1 aromatic heterocycles. The van der Waals surface area contributed by atoms with Crippen LogP contribution in [0.3, 0.4) is 0 Å². The molecule has 0 aliphatic carbocycles. The summed E-state index contributed by atoms with van der Waals surface area (Å²) in [6, 6.07) is 3.81. The molecular formula is C14H25N3O2. The van der Waals surface area contributed by atoms with E-state index in [1.807, 2.05) is 12.1 Å². The molecule has 1 aromatic rings. The van der Waals surface area contributed by atoms with E-state index in [0.717, 1.165) is 37.7 Å². The zero-order chi connectivity index (χ0) is 13.9. The minimum absolute atomic E-state index is 0.315. The largest absolute Gasteiger partial charge is 0.467 e. The highest BCUT2D eigenvalue weighted by Gasteiger charge is 1.99. The fourth-order valence-electron chi connectivity index (χ4n) is 1.56. The highest BCUT2D eigenvalue weighted by molar-refractivity contribution is 5.79. The zero-order valence-electron chi connectivity index (χ0n) is 12.1. The van der Waals surface area contributed by atoms with Gasteiger partial charge in [-0.25, -0.2) is 0 Å². The summed E-state index contributed by atoms with van der Waals surface area (Å²) in [5, 5.41) is 6.46. The summed E-state index contributed by atoms with van der Waals surface area (Å²) in [7, 11) is 1.76. The second-order valence-electron chi connectivity index (χ2n) is 4.56. The molecule has 0 bridgehead atoms. The van der Waals surface area contributed by atoms with Crippen LogP contribution in [0.4, 0.5) is 0 Å². The lowest BCUT2D eigenvalue weighted by Gasteiger charge is -2.11. The standard InChI is InChI=1S/C14H25N3O2/c1-12(2)18-9-5-4-8-16-14(15-3)17-11-13-7-6-10-19-13/h6-7,10,12H,4-5,8-9,11H2,1-3H3,(H2,15,16,17). The lowest BCUT2D eigenvalue weighted by Crippen LogP contribution is -2.37. The van der Waals surface area contributed by atoms with Gasteiger partial charge in [0.15, 0.2) is 5.96 Å². The Morgan fingerprint density at radius 2 is 2.21 bits per heavy atom. The van der Waals surface area contributed by atoms with Gasteiger partial charge in [0.2, 0.25) is 0 Å². The highest BCUT2D eigenvalue weighted by Crippen LogP contribution is 1.98. The fourth-order valence-corrected chi connectivity index (χ4v) is 1.56. The minimum Gasteiger partial charge on any atom is -0.467 e. The first-order valence-electron chi connectivity index (χ1n) is 6.81. The van der Waals surface area contributed by atoms with Gasteiger partial charge in [0.05, 0.1) is 18.9 Å². The van der Waals surface area contributed by atoms with Crippen LogP contribution in [0.15, 0.2) is 27.8 Å². The van der Waals surface area contributed by atoms with E-state index in [0.29, 0.717) is 12.6 Å². The molecule has 0 atom stereocenters. The van der Waals surface area contributed by atoms with Crippen LogP contribution in [0, 0.1) is 0 Å². The predicted molar refractivity (Wildman–Crippen MR) is 77.2 cm³/mol. The van der Waals surface area contributed by atoms with Gasteiger partial charge in [-0.15, -0.1) is 0 Å². The van der Waals surface area contributed by atoms with E-state index in [1.54, 1.807) is 13.3 Å². The Hall–Kier alpha value is -1.49. The predicted octanol–water partition coefficient (Wildman–Crippen LogP) is 2.15. The molecule has 2 N–H and O–H groups in total. The van der Waals surface area contributed by atoms with Crippen LogP contribution >= 0.6 is 0 Å². The molecule has 0 spiro atoms. The molecule has 5 heteroatoms. The van der Waals surface area contributed by atoms with Crippen molar-refractivity contribution in [2.24, 2.45) is 4.99 Å². The molecule has 108 valence electrons. The smallest absolute Gasteiger partial charge is 0.191 e. The van der Waals surface area contributed by atoms with Crippen LogP contribution < -0.4 is 10.6 Å². The molecule has 0 radical (unpaired) electrons. The summed E-state index contributed by atoms with van der Waals surface area (Å²) in [6.45, 7) is 6.46. The van der Waals surface area contributed by atoms with E-state index < -0.39 is 0 Å². The Morgan fingerprint density at radius 1 is 1.37 bits per heavy atom. The molecular weight excluding hydrogens is 242 g/mol. The average molecular weight is 267 g/mol. The topological polar surface area (TPSA) is 58.8 Å². The Balaban J connectivity index is 2.06. The monoisotopic (exact) mass is 267 g/mol. The normalized spacial score (nSPS) is 11.9. The number of nitrogens with zero attached hydrogens (tertiary/aromatic N) is 1. The number of nitrogens with one attached hydrogen (secondary N) is 2. The Bertz CT molecular complexity index is 348. The summed E-state index contributed by atoms with van der Waals surface area (Å²) in [4.78, 5) is 4.16. The van der Waals surface area contributed by atoms with E-state index in [2.05, 4.69) is 29.5 Å². The minimum atomic E-state index is 0.315. The summed E-state index contributed by atoms with van der Waals surface area (Å²) in [6.07, 6.45) is 4.10. The number of guanidine groups is 1. The van der Waals surface area contributed by atoms with Crippen molar-refractivity contribution in [1.29, 1.82) is 0 Å². The van der Waals surface area contributed by atoms with Gasteiger partial charge in [0, 0.05) is 20.2 Å². The van der Waals surface area contributed by atoms with Crippen LogP contribution in [-0.4, -0.2) is 32.3 Å². The Labute approximate surface area is 115 Å². The number of rotatable bonds is 8. The van der Waals surface area contributed by atoms with Crippen molar-refractivity contribution in [2.75, 3.05) is 20.2 Å². The lowest BCUT2D eigenvalue weighted by atomic mass is 10.3. The second-order valence-corrected chi connectivity index (χ2v) is 4.56. The van der Waals surface area contributed by atoms with Crippen molar-refractivity contribution in [3.05, 3.63) is 24.2 Å². The number of furan rings is 1. The van der Waals surface area contributed by atoms with Crippen molar-refractivity contribution >= 4 is 5.96 Å². The van der Waals surface area contributed by atoms with E-state index in [4.69, 9.17) is 9.15 Å². The van der Waals surface area contributed by atoms with E-state index in [-0.39, 0.29) is 0 Å². The van der Waals surface area contributed by atoms with Gasteiger partial charge < -0.3 is 19.8 Å². The number of ether oxygens (including phenoxy) is 1. The van der Waals surface area contributed by atoms with Crippen molar-refractivity contribution in [2.45, 2.75) is 39.3 Å². The molecule has 0 saturated heterocycles. The number of hydrogen-bond donors (Lipinski definition) is 2. The van der Waals surface area contributed by atoms with Gasteiger partial charge in [0.25, 0.3) is 0 Å². The molecule has 0 saturated carbocycles. The molecule has 1 heterocycles. The van der Waals surface area contributed by atoms with Gasteiger partial charge in [0.1, 0.15) is 5.76 Å². The maximum absolute atomic E-state index is 5.49. The third-order valence-corrected chi connectivity index (χ3v) is 2.55. The van der Waals surface area contributed by atoms with Gasteiger partial charge in [-0.1, -0.05) is 0 Å². The third-order valence-electron chi connectivity index (χ3n) is 2.55. The van der Waals surface area contributed by atoms with Crippen LogP contribution in [0.1, 0.15) is 32.4 Å². The summed E-state index contributed by atoms with van der Waals surface area (Å²) in [5.74, 6) is 1.69. The van der Waals surface area contributed by atoms with E-state index in [1.165, 1.54) is 0 Å². The van der Waals surface area contributed by atoms with Gasteiger partial charge in [-0.2, -0.15) is 0 Å². The van der Waals surface area contributed by atoms with Gasteiger partial charge >= 0.3 is 0 Å². The first-order chi connectivity index (χ1) is 9.22. The van der Waals surface area contributed by atoms with Gasteiger partial charge in [-0.3, -0.25) is 4.99 Å². The fraction of sp³-hybridized carbons (Fsp3) is 0.643. The van der Waals surface area contributed by atoms with Crippen molar-refractivity contribution < 1.29 is 9.15 Å². The average Bonchev–Trinajstić information content (AvgIpc) is 2.90. The molecule has 0 aliphatic heterocycles. The zero-order valence-corrected chi connectivity index (χ0v) is 12.1. The van der Waals surface area contributed by atoms with Crippen LogP contribution in [0.2, 0.25) is 0 Å². The van der Waals surface area contributed by atoms with E-state index in [9.17, 15) is 0 Å². The number of hydrogen-bond acceptors (Lipinski definition) is 3. The SMILES string of the molecule is CN=C(NCCCCOC(C)C)NCc1ccco1. The van der Waals surface area contributed by atoms with Gasteiger partial charge in [-0.05, 0) is 38.8 Å². The quantitative estimate of drug-likeness (QED) is 0.430. The third kappa shape index (κ3) is 7.51. The summed E-state index contributed by atoms with van der Waals surface area (Å²) < 4.78 is 10.7. The molecule has 0 amide bonds. The van der Waals surface area contributed by atoms with Crippen LogP contribution in [-0.2, 0) is 11.3 Å². The van der Waals surface area contributed by atoms with Crippen molar-refractivity contribution in [3.8, 4) is 0 Å². The van der Waals surface area contributed by atoms with E-state index >= 15 is 0 Å².